The molecule has 0 saturated heterocycles. The molecular weight excluding hydrogens is 254 g/mol. The molecule has 0 saturated carbocycles. The van der Waals surface area contributed by atoms with Crippen molar-refractivity contribution in [3.63, 3.8) is 0 Å². The predicted molar refractivity (Wildman–Crippen MR) is 77.3 cm³/mol. The van der Waals surface area contributed by atoms with Crippen molar-refractivity contribution >= 4 is 0 Å². The Bertz CT molecular complexity index is 580. The lowest BCUT2D eigenvalue weighted by Gasteiger charge is -2.18. The van der Waals surface area contributed by atoms with E-state index in [4.69, 9.17) is 9.47 Å². The second-order valence-electron chi connectivity index (χ2n) is 4.81. The van der Waals surface area contributed by atoms with Gasteiger partial charge < -0.3 is 19.8 Å². The first-order valence-corrected chi connectivity index (χ1v) is 6.95. The smallest absolute Gasteiger partial charge is 0.162 e. The molecule has 1 aliphatic heterocycles. The van der Waals surface area contributed by atoms with Crippen LogP contribution in [0.15, 0.2) is 24.4 Å². The number of benzene rings is 1. The molecule has 0 fully saturated rings. The van der Waals surface area contributed by atoms with Crippen LogP contribution in [0.3, 0.4) is 0 Å². The van der Waals surface area contributed by atoms with Crippen molar-refractivity contribution in [3.05, 3.63) is 30.2 Å². The minimum Gasteiger partial charge on any atom is -0.486 e. The van der Waals surface area contributed by atoms with E-state index in [1.165, 1.54) is 0 Å². The van der Waals surface area contributed by atoms with E-state index in [1.54, 1.807) is 0 Å². The number of aromatic nitrogens is 2. The molecule has 5 heteroatoms. The fourth-order valence-corrected chi connectivity index (χ4v) is 2.28. The molecule has 5 nitrogen and oxygen atoms in total. The zero-order chi connectivity index (χ0) is 13.8. The van der Waals surface area contributed by atoms with Gasteiger partial charge in [0.15, 0.2) is 11.5 Å². The molecule has 2 N–H and O–H groups in total. The van der Waals surface area contributed by atoms with Crippen molar-refractivity contribution < 1.29 is 9.47 Å². The van der Waals surface area contributed by atoms with Gasteiger partial charge >= 0.3 is 0 Å². The van der Waals surface area contributed by atoms with Crippen LogP contribution in [0, 0.1) is 0 Å². The SMILES string of the molecule is CNCCCc1ncc(-c2ccc3c(c2)OCCO3)[nH]1. The molecular formula is C15H19N3O2. The molecule has 20 heavy (non-hydrogen) atoms. The Kier molecular flexibility index (Phi) is 3.87. The van der Waals surface area contributed by atoms with Crippen molar-refractivity contribution in [1.82, 2.24) is 15.3 Å². The maximum Gasteiger partial charge on any atom is 0.162 e. The van der Waals surface area contributed by atoms with E-state index in [0.29, 0.717) is 13.2 Å². The minimum atomic E-state index is 0.606. The summed E-state index contributed by atoms with van der Waals surface area (Å²) in [5, 5.41) is 3.14. The third kappa shape index (κ3) is 2.77. The summed E-state index contributed by atoms with van der Waals surface area (Å²) in [6.45, 7) is 2.22. The van der Waals surface area contributed by atoms with E-state index in [9.17, 15) is 0 Å². The molecule has 3 rings (SSSR count). The van der Waals surface area contributed by atoms with Gasteiger partial charge in [-0.3, -0.25) is 0 Å². The maximum absolute atomic E-state index is 5.60. The molecule has 1 aromatic heterocycles. The Morgan fingerprint density at radius 3 is 2.95 bits per heavy atom. The first kappa shape index (κ1) is 13.0. The molecule has 0 bridgehead atoms. The van der Waals surface area contributed by atoms with Gasteiger partial charge in [0.25, 0.3) is 0 Å². The molecule has 0 spiro atoms. The zero-order valence-corrected chi connectivity index (χ0v) is 11.6. The Morgan fingerprint density at radius 1 is 1.25 bits per heavy atom. The highest BCUT2D eigenvalue weighted by Crippen LogP contribution is 2.33. The van der Waals surface area contributed by atoms with Gasteiger partial charge in [-0.15, -0.1) is 0 Å². The minimum absolute atomic E-state index is 0.606. The highest BCUT2D eigenvalue weighted by atomic mass is 16.6. The summed E-state index contributed by atoms with van der Waals surface area (Å²) in [6.07, 6.45) is 3.90. The van der Waals surface area contributed by atoms with Crippen LogP contribution in [0.25, 0.3) is 11.3 Å². The first-order valence-electron chi connectivity index (χ1n) is 6.95. The number of aromatic amines is 1. The molecule has 0 atom stereocenters. The van der Waals surface area contributed by atoms with Crippen LogP contribution in [0.2, 0.25) is 0 Å². The molecule has 0 amide bonds. The number of hydrogen-bond donors (Lipinski definition) is 2. The molecule has 0 radical (unpaired) electrons. The number of hydrogen-bond acceptors (Lipinski definition) is 4. The summed E-state index contributed by atoms with van der Waals surface area (Å²) in [6, 6.07) is 5.98. The van der Waals surface area contributed by atoms with Gasteiger partial charge in [-0.25, -0.2) is 4.98 Å². The topological polar surface area (TPSA) is 59.2 Å². The van der Waals surface area contributed by atoms with E-state index in [0.717, 1.165) is 48.0 Å². The highest BCUT2D eigenvalue weighted by molar-refractivity contribution is 5.63. The van der Waals surface area contributed by atoms with Crippen LogP contribution < -0.4 is 14.8 Å². The number of rotatable bonds is 5. The average molecular weight is 273 g/mol. The normalized spacial score (nSPS) is 13.4. The van der Waals surface area contributed by atoms with Crippen LogP contribution in [-0.4, -0.2) is 36.8 Å². The first-order chi connectivity index (χ1) is 9.86. The fourth-order valence-electron chi connectivity index (χ4n) is 2.28. The van der Waals surface area contributed by atoms with Crippen LogP contribution >= 0.6 is 0 Å². The maximum atomic E-state index is 5.60. The van der Waals surface area contributed by atoms with E-state index in [-0.39, 0.29) is 0 Å². The summed E-state index contributed by atoms with van der Waals surface area (Å²) >= 11 is 0. The molecule has 1 aliphatic rings. The third-order valence-electron chi connectivity index (χ3n) is 3.32. The monoisotopic (exact) mass is 273 g/mol. The van der Waals surface area contributed by atoms with Gasteiger partial charge in [0.2, 0.25) is 0 Å². The summed E-state index contributed by atoms with van der Waals surface area (Å²) in [7, 11) is 1.96. The van der Waals surface area contributed by atoms with Gasteiger partial charge in [0, 0.05) is 12.0 Å². The van der Waals surface area contributed by atoms with Gasteiger partial charge in [0.05, 0.1) is 11.9 Å². The van der Waals surface area contributed by atoms with Gasteiger partial charge in [-0.05, 0) is 38.2 Å². The Morgan fingerprint density at radius 2 is 2.10 bits per heavy atom. The highest BCUT2D eigenvalue weighted by Gasteiger charge is 2.13. The molecule has 2 heterocycles. The van der Waals surface area contributed by atoms with Crippen molar-refractivity contribution in [1.29, 1.82) is 0 Å². The Balaban J connectivity index is 1.75. The average Bonchev–Trinajstić information content (AvgIpc) is 2.96. The number of imidazole rings is 1. The number of H-pyrrole nitrogens is 1. The van der Waals surface area contributed by atoms with E-state index >= 15 is 0 Å². The van der Waals surface area contributed by atoms with Crippen molar-refractivity contribution in [2.45, 2.75) is 12.8 Å². The number of fused-ring (bicyclic) bond motifs is 1. The lowest BCUT2D eigenvalue weighted by Crippen LogP contribution is -2.15. The molecule has 106 valence electrons. The number of nitrogens with one attached hydrogen (secondary N) is 2. The van der Waals surface area contributed by atoms with Crippen LogP contribution in [0.1, 0.15) is 12.2 Å². The molecule has 1 aromatic carbocycles. The quantitative estimate of drug-likeness (QED) is 0.818. The number of ether oxygens (including phenoxy) is 2. The number of nitrogens with zero attached hydrogens (tertiary/aromatic N) is 1. The van der Waals surface area contributed by atoms with Crippen molar-refractivity contribution in [2.24, 2.45) is 0 Å². The van der Waals surface area contributed by atoms with Crippen LogP contribution in [-0.2, 0) is 6.42 Å². The van der Waals surface area contributed by atoms with Crippen molar-refractivity contribution in [2.75, 3.05) is 26.8 Å². The van der Waals surface area contributed by atoms with Gasteiger partial charge in [-0.1, -0.05) is 0 Å². The predicted octanol–water partition coefficient (Wildman–Crippen LogP) is 2.00. The zero-order valence-electron chi connectivity index (χ0n) is 11.6. The summed E-state index contributed by atoms with van der Waals surface area (Å²) in [5.41, 5.74) is 2.09. The summed E-state index contributed by atoms with van der Waals surface area (Å²) in [5.74, 6) is 2.64. The second kappa shape index (κ2) is 5.96. The summed E-state index contributed by atoms with van der Waals surface area (Å²) < 4.78 is 11.1. The van der Waals surface area contributed by atoms with E-state index in [2.05, 4.69) is 15.3 Å². The van der Waals surface area contributed by atoms with Crippen LogP contribution in [0.4, 0.5) is 0 Å². The number of aryl methyl sites for hydroxylation is 1. The van der Waals surface area contributed by atoms with Crippen LogP contribution in [0.5, 0.6) is 11.5 Å². The van der Waals surface area contributed by atoms with Gasteiger partial charge in [0.1, 0.15) is 19.0 Å². The Hall–Kier alpha value is -2.01. The Labute approximate surface area is 118 Å². The molecule has 2 aromatic rings. The van der Waals surface area contributed by atoms with Crippen molar-refractivity contribution in [3.8, 4) is 22.8 Å². The molecule has 0 aliphatic carbocycles. The summed E-state index contributed by atoms with van der Waals surface area (Å²) in [4.78, 5) is 7.78. The van der Waals surface area contributed by atoms with Gasteiger partial charge in [-0.2, -0.15) is 0 Å². The molecule has 0 unspecified atom stereocenters. The third-order valence-corrected chi connectivity index (χ3v) is 3.32. The fraction of sp³-hybridized carbons (Fsp3) is 0.400. The lowest BCUT2D eigenvalue weighted by molar-refractivity contribution is 0.171. The second-order valence-corrected chi connectivity index (χ2v) is 4.81. The van der Waals surface area contributed by atoms with E-state index < -0.39 is 0 Å². The standard InChI is InChI=1S/C15H19N3O2/c1-16-6-2-3-15-17-10-12(18-15)11-4-5-13-14(9-11)20-8-7-19-13/h4-5,9-10,16H,2-3,6-8H2,1H3,(H,17,18). The largest absolute Gasteiger partial charge is 0.486 e. The lowest BCUT2D eigenvalue weighted by atomic mass is 10.1. The van der Waals surface area contributed by atoms with E-state index in [1.807, 2.05) is 31.4 Å².